The van der Waals surface area contributed by atoms with Crippen molar-refractivity contribution >= 4 is 16.9 Å². The van der Waals surface area contributed by atoms with Gasteiger partial charge in [-0.05, 0) is 31.9 Å². The second-order valence-electron chi connectivity index (χ2n) is 6.35. The van der Waals surface area contributed by atoms with Gasteiger partial charge in [-0.25, -0.2) is 0 Å². The maximum atomic E-state index is 12.6. The quantitative estimate of drug-likeness (QED) is 0.741. The van der Waals surface area contributed by atoms with Crippen molar-refractivity contribution in [3.63, 3.8) is 0 Å². The molecule has 0 bridgehead atoms. The van der Waals surface area contributed by atoms with E-state index in [-0.39, 0.29) is 11.9 Å². The molecule has 0 aliphatic carbocycles. The lowest BCUT2D eigenvalue weighted by Gasteiger charge is -2.31. The second-order valence-corrected chi connectivity index (χ2v) is 6.35. The average molecular weight is 324 g/mol. The SMILES string of the molecule is CCCN1Cc2nnc(-c3cc4cccc(C)c4o3)n2[C@@H](C)C1=O. The lowest BCUT2D eigenvalue weighted by molar-refractivity contribution is -0.136. The summed E-state index contributed by atoms with van der Waals surface area (Å²) in [6.07, 6.45) is 0.933. The molecule has 1 amide bonds. The fourth-order valence-corrected chi connectivity index (χ4v) is 3.41. The van der Waals surface area contributed by atoms with Crippen LogP contribution in [0.2, 0.25) is 0 Å². The molecule has 124 valence electrons. The van der Waals surface area contributed by atoms with Crippen molar-refractivity contribution in [3.8, 4) is 11.6 Å². The van der Waals surface area contributed by atoms with E-state index in [0.717, 1.165) is 35.3 Å². The fourth-order valence-electron chi connectivity index (χ4n) is 3.41. The highest BCUT2D eigenvalue weighted by atomic mass is 16.3. The number of carbonyl (C=O) groups is 1. The Morgan fingerprint density at radius 1 is 1.33 bits per heavy atom. The molecule has 1 aliphatic rings. The number of nitrogens with zero attached hydrogens (tertiary/aromatic N) is 4. The van der Waals surface area contributed by atoms with Crippen molar-refractivity contribution in [2.24, 2.45) is 0 Å². The number of hydrogen-bond acceptors (Lipinski definition) is 4. The van der Waals surface area contributed by atoms with Gasteiger partial charge in [0.15, 0.2) is 11.6 Å². The first-order chi connectivity index (χ1) is 11.6. The molecule has 3 heterocycles. The van der Waals surface area contributed by atoms with Crippen molar-refractivity contribution < 1.29 is 9.21 Å². The summed E-state index contributed by atoms with van der Waals surface area (Å²) in [7, 11) is 0. The monoisotopic (exact) mass is 324 g/mol. The minimum atomic E-state index is -0.320. The summed E-state index contributed by atoms with van der Waals surface area (Å²) in [6.45, 7) is 7.23. The maximum absolute atomic E-state index is 12.6. The Labute approximate surface area is 140 Å². The standard InChI is InChI=1S/C18H20N4O2/c1-4-8-21-10-15-19-20-17(22(15)12(3)18(21)23)14-9-13-7-5-6-11(2)16(13)24-14/h5-7,9,12H,4,8,10H2,1-3H3/t12-/m0/s1. The van der Waals surface area contributed by atoms with Crippen LogP contribution in [-0.2, 0) is 11.3 Å². The molecule has 0 radical (unpaired) electrons. The molecule has 0 fully saturated rings. The Morgan fingerprint density at radius 3 is 2.92 bits per heavy atom. The Balaban J connectivity index is 1.81. The first kappa shape index (κ1) is 14.9. The largest absolute Gasteiger partial charge is 0.452 e. The number of aryl methyl sites for hydroxylation is 1. The van der Waals surface area contributed by atoms with Crippen molar-refractivity contribution in [1.29, 1.82) is 0 Å². The number of hydrogen-bond donors (Lipinski definition) is 0. The van der Waals surface area contributed by atoms with Gasteiger partial charge in [0.25, 0.3) is 0 Å². The van der Waals surface area contributed by atoms with Crippen LogP contribution < -0.4 is 0 Å². The highest BCUT2D eigenvalue weighted by Crippen LogP contribution is 2.32. The first-order valence-corrected chi connectivity index (χ1v) is 8.32. The number of para-hydroxylation sites is 1. The lowest BCUT2D eigenvalue weighted by Crippen LogP contribution is -2.42. The summed E-state index contributed by atoms with van der Waals surface area (Å²) in [6, 6.07) is 7.68. The fraction of sp³-hybridized carbons (Fsp3) is 0.389. The Morgan fingerprint density at radius 2 is 2.17 bits per heavy atom. The van der Waals surface area contributed by atoms with Crippen LogP contribution in [-0.4, -0.2) is 32.1 Å². The van der Waals surface area contributed by atoms with Crippen molar-refractivity contribution in [1.82, 2.24) is 19.7 Å². The molecule has 2 aromatic heterocycles. The normalized spacial score (nSPS) is 17.5. The summed E-state index contributed by atoms with van der Waals surface area (Å²) in [4.78, 5) is 14.5. The average Bonchev–Trinajstić information content (AvgIpc) is 3.17. The Hall–Kier alpha value is -2.63. The van der Waals surface area contributed by atoms with Crippen LogP contribution in [0, 0.1) is 6.92 Å². The topological polar surface area (TPSA) is 64.2 Å². The Kier molecular flexibility index (Phi) is 3.40. The predicted octanol–water partition coefficient (Wildman–Crippen LogP) is 3.31. The molecule has 4 rings (SSSR count). The minimum absolute atomic E-state index is 0.109. The van der Waals surface area contributed by atoms with E-state index in [2.05, 4.69) is 17.1 Å². The van der Waals surface area contributed by atoms with Gasteiger partial charge in [-0.3, -0.25) is 9.36 Å². The molecule has 0 unspecified atom stereocenters. The van der Waals surface area contributed by atoms with Gasteiger partial charge in [0.1, 0.15) is 11.6 Å². The first-order valence-electron chi connectivity index (χ1n) is 8.32. The van der Waals surface area contributed by atoms with Crippen molar-refractivity contribution in [2.75, 3.05) is 6.54 Å². The molecule has 1 atom stereocenters. The molecule has 1 aliphatic heterocycles. The van der Waals surface area contributed by atoms with Crippen LogP contribution >= 0.6 is 0 Å². The predicted molar refractivity (Wildman–Crippen MR) is 90.4 cm³/mol. The summed E-state index contributed by atoms with van der Waals surface area (Å²) >= 11 is 0. The van der Waals surface area contributed by atoms with E-state index >= 15 is 0 Å². The van der Waals surface area contributed by atoms with E-state index in [1.165, 1.54) is 0 Å². The highest BCUT2D eigenvalue weighted by Gasteiger charge is 2.33. The van der Waals surface area contributed by atoms with Gasteiger partial charge >= 0.3 is 0 Å². The highest BCUT2D eigenvalue weighted by molar-refractivity contribution is 5.85. The van der Waals surface area contributed by atoms with Crippen LogP contribution in [0.1, 0.15) is 37.7 Å². The van der Waals surface area contributed by atoms with Crippen LogP contribution in [0.25, 0.3) is 22.6 Å². The van der Waals surface area contributed by atoms with Gasteiger partial charge in [-0.1, -0.05) is 25.1 Å². The molecule has 6 heteroatoms. The number of aromatic nitrogens is 3. The molecule has 0 spiro atoms. The number of rotatable bonds is 3. The third kappa shape index (κ3) is 2.13. The zero-order valence-corrected chi connectivity index (χ0v) is 14.1. The summed E-state index contributed by atoms with van der Waals surface area (Å²) in [5.74, 6) is 2.19. The minimum Gasteiger partial charge on any atom is -0.452 e. The van der Waals surface area contributed by atoms with E-state index in [0.29, 0.717) is 18.1 Å². The molecule has 0 saturated carbocycles. The van der Waals surface area contributed by atoms with Crippen LogP contribution in [0.4, 0.5) is 0 Å². The molecule has 1 aromatic carbocycles. The summed E-state index contributed by atoms with van der Waals surface area (Å²) in [5.41, 5.74) is 1.93. The number of furan rings is 1. The molecule has 6 nitrogen and oxygen atoms in total. The molecule has 3 aromatic rings. The van der Waals surface area contributed by atoms with Gasteiger partial charge in [0.05, 0.1) is 6.54 Å². The van der Waals surface area contributed by atoms with Gasteiger partial charge in [0, 0.05) is 11.9 Å². The van der Waals surface area contributed by atoms with E-state index in [9.17, 15) is 4.79 Å². The summed E-state index contributed by atoms with van der Waals surface area (Å²) < 4.78 is 7.92. The smallest absolute Gasteiger partial charge is 0.245 e. The van der Waals surface area contributed by atoms with Crippen LogP contribution in [0.5, 0.6) is 0 Å². The van der Waals surface area contributed by atoms with Crippen molar-refractivity contribution in [3.05, 3.63) is 35.7 Å². The van der Waals surface area contributed by atoms with Crippen LogP contribution in [0.3, 0.4) is 0 Å². The zero-order valence-electron chi connectivity index (χ0n) is 14.1. The number of carbonyl (C=O) groups excluding carboxylic acids is 1. The van der Waals surface area contributed by atoms with Crippen molar-refractivity contribution in [2.45, 2.75) is 39.8 Å². The van der Waals surface area contributed by atoms with Crippen LogP contribution in [0.15, 0.2) is 28.7 Å². The van der Waals surface area contributed by atoms with E-state index in [1.54, 1.807) is 0 Å². The zero-order chi connectivity index (χ0) is 16.8. The third-order valence-electron chi connectivity index (χ3n) is 4.61. The maximum Gasteiger partial charge on any atom is 0.245 e. The molecular formula is C18H20N4O2. The van der Waals surface area contributed by atoms with E-state index < -0.39 is 0 Å². The molecule has 0 saturated heterocycles. The number of fused-ring (bicyclic) bond motifs is 2. The summed E-state index contributed by atoms with van der Waals surface area (Å²) in [5, 5.41) is 9.65. The second kappa shape index (κ2) is 5.47. The number of amides is 1. The van der Waals surface area contributed by atoms with E-state index in [4.69, 9.17) is 4.42 Å². The lowest BCUT2D eigenvalue weighted by atomic mass is 10.1. The number of benzene rings is 1. The van der Waals surface area contributed by atoms with E-state index in [1.807, 2.05) is 47.6 Å². The Bertz CT molecular complexity index is 924. The van der Waals surface area contributed by atoms with Gasteiger partial charge in [-0.2, -0.15) is 0 Å². The third-order valence-corrected chi connectivity index (χ3v) is 4.61. The molecular weight excluding hydrogens is 304 g/mol. The van der Waals surface area contributed by atoms with Gasteiger partial charge in [-0.15, -0.1) is 10.2 Å². The van der Waals surface area contributed by atoms with Gasteiger partial charge < -0.3 is 9.32 Å². The molecule has 0 N–H and O–H groups in total. The molecule has 24 heavy (non-hydrogen) atoms. The van der Waals surface area contributed by atoms with Gasteiger partial charge in [0.2, 0.25) is 11.7 Å².